The summed E-state index contributed by atoms with van der Waals surface area (Å²) < 4.78 is 15.7. The van der Waals surface area contributed by atoms with Gasteiger partial charge in [0.15, 0.2) is 0 Å². The highest BCUT2D eigenvalue weighted by Crippen LogP contribution is 2.43. The molecular formula is C12H9N3O3. The molecule has 3 heterocycles. The van der Waals surface area contributed by atoms with Gasteiger partial charge in [-0.05, 0) is 19.1 Å². The monoisotopic (exact) mass is 243 g/mol. The van der Waals surface area contributed by atoms with Crippen LogP contribution in [0.15, 0.2) is 38.8 Å². The highest BCUT2D eigenvalue weighted by Gasteiger charge is 2.37. The van der Waals surface area contributed by atoms with E-state index in [4.69, 9.17) is 19.4 Å². The Morgan fingerprint density at radius 3 is 3.00 bits per heavy atom. The predicted molar refractivity (Wildman–Crippen MR) is 59.2 cm³/mol. The lowest BCUT2D eigenvalue weighted by Crippen LogP contribution is -2.20. The average molecular weight is 243 g/mol. The van der Waals surface area contributed by atoms with Crippen LogP contribution in [0.4, 0.5) is 0 Å². The van der Waals surface area contributed by atoms with Crippen LogP contribution in [-0.4, -0.2) is 5.16 Å². The number of aryl methyl sites for hydroxylation is 1. The van der Waals surface area contributed by atoms with Crippen LogP contribution < -0.4 is 10.5 Å². The molecule has 1 atom stereocenters. The van der Waals surface area contributed by atoms with Gasteiger partial charge in [0, 0.05) is 0 Å². The minimum Gasteiger partial charge on any atom is -0.468 e. The largest absolute Gasteiger partial charge is 0.468 e. The number of fused-ring (bicyclic) bond motifs is 1. The maximum atomic E-state index is 9.22. The molecule has 3 rings (SSSR count). The number of allylic oxidation sites excluding steroid dienone is 1. The second kappa shape index (κ2) is 3.67. The van der Waals surface area contributed by atoms with Crippen LogP contribution >= 0.6 is 0 Å². The van der Waals surface area contributed by atoms with Gasteiger partial charge in [0.05, 0.1) is 23.4 Å². The van der Waals surface area contributed by atoms with Gasteiger partial charge in [-0.3, -0.25) is 0 Å². The summed E-state index contributed by atoms with van der Waals surface area (Å²) in [5.74, 6) is 0.401. The van der Waals surface area contributed by atoms with Crippen LogP contribution in [0.1, 0.15) is 22.9 Å². The van der Waals surface area contributed by atoms with E-state index in [1.165, 1.54) is 0 Å². The van der Waals surface area contributed by atoms with Gasteiger partial charge in [-0.15, -0.1) is 0 Å². The molecular weight excluding hydrogens is 234 g/mol. The summed E-state index contributed by atoms with van der Waals surface area (Å²) in [5, 5.41) is 13.1. The molecule has 18 heavy (non-hydrogen) atoms. The summed E-state index contributed by atoms with van der Waals surface area (Å²) in [5.41, 5.74) is 7.33. The first kappa shape index (κ1) is 10.5. The van der Waals surface area contributed by atoms with E-state index in [2.05, 4.69) is 11.2 Å². The third kappa shape index (κ3) is 1.31. The number of aromatic nitrogens is 1. The molecule has 2 aromatic heterocycles. The van der Waals surface area contributed by atoms with E-state index in [-0.39, 0.29) is 11.8 Å². The molecule has 0 bridgehead atoms. The third-order valence-electron chi connectivity index (χ3n) is 2.87. The Kier molecular flexibility index (Phi) is 2.13. The molecule has 2 N–H and O–H groups in total. The van der Waals surface area contributed by atoms with Gasteiger partial charge >= 0.3 is 5.95 Å². The van der Waals surface area contributed by atoms with Crippen molar-refractivity contribution in [3.05, 3.63) is 46.9 Å². The molecule has 0 amide bonds. The van der Waals surface area contributed by atoms with Crippen LogP contribution in [0.25, 0.3) is 0 Å². The molecule has 6 heteroatoms. The molecule has 0 saturated heterocycles. The van der Waals surface area contributed by atoms with Gasteiger partial charge < -0.3 is 19.4 Å². The molecule has 6 nitrogen and oxygen atoms in total. The van der Waals surface area contributed by atoms with Gasteiger partial charge in [-0.2, -0.15) is 5.26 Å². The van der Waals surface area contributed by atoms with Crippen molar-refractivity contribution in [1.82, 2.24) is 5.16 Å². The summed E-state index contributed by atoms with van der Waals surface area (Å²) >= 11 is 0. The number of nitrogens with zero attached hydrogens (tertiary/aromatic N) is 2. The van der Waals surface area contributed by atoms with E-state index in [0.717, 1.165) is 0 Å². The maximum Gasteiger partial charge on any atom is 0.322 e. The summed E-state index contributed by atoms with van der Waals surface area (Å²) in [6, 6.07) is 5.57. The number of ether oxygens (including phenoxy) is 1. The van der Waals surface area contributed by atoms with Crippen molar-refractivity contribution in [2.75, 3.05) is 0 Å². The number of rotatable bonds is 1. The molecule has 0 aliphatic carbocycles. The maximum absolute atomic E-state index is 9.22. The van der Waals surface area contributed by atoms with Gasteiger partial charge in [0.25, 0.3) is 0 Å². The Balaban J connectivity index is 2.25. The summed E-state index contributed by atoms with van der Waals surface area (Å²) in [7, 11) is 0. The van der Waals surface area contributed by atoms with E-state index in [0.29, 0.717) is 22.6 Å². The van der Waals surface area contributed by atoms with Crippen molar-refractivity contribution < 1.29 is 13.7 Å². The van der Waals surface area contributed by atoms with Crippen molar-refractivity contribution in [1.29, 1.82) is 5.26 Å². The van der Waals surface area contributed by atoms with Crippen molar-refractivity contribution in [2.24, 2.45) is 5.73 Å². The Labute approximate surface area is 102 Å². The van der Waals surface area contributed by atoms with Crippen LogP contribution in [0, 0.1) is 18.3 Å². The fourth-order valence-electron chi connectivity index (χ4n) is 2.06. The Bertz CT molecular complexity index is 661. The summed E-state index contributed by atoms with van der Waals surface area (Å²) in [6.07, 6.45) is 1.54. The first-order chi connectivity index (χ1) is 8.72. The number of nitrogens with two attached hydrogens (primary N) is 1. The van der Waals surface area contributed by atoms with E-state index in [1.807, 2.05) is 0 Å². The van der Waals surface area contributed by atoms with Crippen molar-refractivity contribution in [2.45, 2.75) is 12.8 Å². The number of hydrogen-bond acceptors (Lipinski definition) is 6. The Morgan fingerprint density at radius 1 is 1.50 bits per heavy atom. The van der Waals surface area contributed by atoms with Crippen LogP contribution in [-0.2, 0) is 0 Å². The lowest BCUT2D eigenvalue weighted by atomic mass is 9.88. The molecule has 1 aliphatic heterocycles. The fraction of sp³-hybridized carbons (Fsp3) is 0.167. The zero-order valence-corrected chi connectivity index (χ0v) is 9.51. The molecule has 0 radical (unpaired) electrons. The Morgan fingerprint density at radius 2 is 2.33 bits per heavy atom. The second-order valence-corrected chi connectivity index (χ2v) is 3.91. The first-order valence-electron chi connectivity index (χ1n) is 5.29. The lowest BCUT2D eigenvalue weighted by Gasteiger charge is -2.20. The highest BCUT2D eigenvalue weighted by molar-refractivity contribution is 5.51. The molecule has 0 spiro atoms. The van der Waals surface area contributed by atoms with Crippen molar-refractivity contribution in [3.63, 3.8) is 0 Å². The van der Waals surface area contributed by atoms with Gasteiger partial charge in [-0.1, -0.05) is 5.16 Å². The lowest BCUT2D eigenvalue weighted by molar-refractivity contribution is 0.252. The molecule has 0 fully saturated rings. The summed E-state index contributed by atoms with van der Waals surface area (Å²) in [4.78, 5) is 0. The van der Waals surface area contributed by atoms with Gasteiger partial charge in [0.1, 0.15) is 17.4 Å². The normalized spacial score (nSPS) is 18.1. The smallest absolute Gasteiger partial charge is 0.322 e. The predicted octanol–water partition coefficient (Wildman–Crippen LogP) is 1.79. The standard InChI is InChI=1S/C12H9N3O3/c1-6-9-10(8-3-2-4-16-8)7(5-13)11(14)17-12(9)18-15-6/h2-4,10H,14H2,1H3/t10-/m1/s1. The van der Waals surface area contributed by atoms with Crippen LogP contribution in [0.5, 0.6) is 5.95 Å². The molecule has 0 saturated carbocycles. The van der Waals surface area contributed by atoms with Gasteiger partial charge in [0.2, 0.25) is 5.88 Å². The molecule has 0 aromatic carbocycles. The quantitative estimate of drug-likeness (QED) is 0.819. The van der Waals surface area contributed by atoms with Gasteiger partial charge in [-0.25, -0.2) is 0 Å². The molecule has 2 aromatic rings. The number of furan rings is 1. The molecule has 1 aliphatic rings. The van der Waals surface area contributed by atoms with E-state index in [1.54, 1.807) is 25.3 Å². The zero-order chi connectivity index (χ0) is 12.7. The van der Waals surface area contributed by atoms with Crippen LogP contribution in [0.2, 0.25) is 0 Å². The van der Waals surface area contributed by atoms with Crippen LogP contribution in [0.3, 0.4) is 0 Å². The Hall–Kier alpha value is -2.68. The first-order valence-corrected chi connectivity index (χ1v) is 5.29. The third-order valence-corrected chi connectivity index (χ3v) is 2.87. The average Bonchev–Trinajstić information content (AvgIpc) is 2.98. The molecule has 90 valence electrons. The number of nitriles is 1. The van der Waals surface area contributed by atoms with E-state index in [9.17, 15) is 5.26 Å². The zero-order valence-electron chi connectivity index (χ0n) is 9.51. The van der Waals surface area contributed by atoms with Crippen molar-refractivity contribution in [3.8, 4) is 12.0 Å². The minimum absolute atomic E-state index is 0.0163. The summed E-state index contributed by atoms with van der Waals surface area (Å²) in [6.45, 7) is 1.78. The SMILES string of the molecule is Cc1noc2c1[C@@H](c1ccco1)C(C#N)=C(N)O2. The topological polar surface area (TPSA) is 98.2 Å². The molecule has 0 unspecified atom stereocenters. The van der Waals surface area contributed by atoms with E-state index < -0.39 is 5.92 Å². The fourth-order valence-corrected chi connectivity index (χ4v) is 2.06. The highest BCUT2D eigenvalue weighted by atomic mass is 16.6. The van der Waals surface area contributed by atoms with Crippen molar-refractivity contribution >= 4 is 0 Å². The van der Waals surface area contributed by atoms with E-state index >= 15 is 0 Å². The number of hydrogen-bond donors (Lipinski definition) is 1. The minimum atomic E-state index is -0.431. The second-order valence-electron chi connectivity index (χ2n) is 3.91.